The van der Waals surface area contributed by atoms with Crippen molar-refractivity contribution in [2.45, 2.75) is 26.6 Å². The Morgan fingerprint density at radius 3 is 2.50 bits per heavy atom. The second kappa shape index (κ2) is 7.60. The molecule has 1 aromatic heterocycles. The number of ether oxygens (including phenoxy) is 1. The van der Waals surface area contributed by atoms with E-state index in [2.05, 4.69) is 25.6 Å². The van der Waals surface area contributed by atoms with Crippen LogP contribution in [0.25, 0.3) is 0 Å². The average Bonchev–Trinajstić information content (AvgIpc) is 2.94. The second-order valence-electron chi connectivity index (χ2n) is 4.83. The molecule has 8 nitrogen and oxygen atoms in total. The maximum atomic E-state index is 12.5. The van der Waals surface area contributed by atoms with Gasteiger partial charge < -0.3 is 14.5 Å². The Bertz CT molecular complexity index is 838. The van der Waals surface area contributed by atoms with Crippen molar-refractivity contribution in [2.75, 3.05) is 10.6 Å². The van der Waals surface area contributed by atoms with Crippen LogP contribution in [0.2, 0.25) is 5.02 Å². The third-order valence-electron chi connectivity index (χ3n) is 2.91. The minimum absolute atomic E-state index is 0.0283. The van der Waals surface area contributed by atoms with E-state index in [1.807, 2.05) is 0 Å². The first-order chi connectivity index (χ1) is 12.1. The number of hydrogen-bond donors (Lipinski definition) is 2. The standard InChI is InChI=1S/C14H12ClF3N4O4/c1-3-9(23)19-11-8(26-14(16,17)18)5-4-7(10(11)15)12(24)20-13-22-21-6(2)25-13/h4-5H,3H2,1-2H3,(H,19,23)(H,20,22,24). The summed E-state index contributed by atoms with van der Waals surface area (Å²) < 4.78 is 46.4. The van der Waals surface area contributed by atoms with Gasteiger partial charge in [0.1, 0.15) is 5.69 Å². The number of nitrogens with zero attached hydrogens (tertiary/aromatic N) is 2. The van der Waals surface area contributed by atoms with Gasteiger partial charge in [-0.3, -0.25) is 14.9 Å². The number of carbonyl (C=O) groups is 2. The topological polar surface area (TPSA) is 106 Å². The third-order valence-corrected chi connectivity index (χ3v) is 3.30. The fourth-order valence-electron chi connectivity index (χ4n) is 1.80. The molecule has 0 saturated carbocycles. The number of aryl methyl sites for hydroxylation is 1. The molecular formula is C14H12ClF3N4O4. The van der Waals surface area contributed by atoms with Crippen molar-refractivity contribution in [3.05, 3.63) is 28.6 Å². The molecule has 0 unspecified atom stereocenters. The zero-order valence-corrected chi connectivity index (χ0v) is 14.2. The molecule has 2 amide bonds. The van der Waals surface area contributed by atoms with E-state index in [-0.39, 0.29) is 23.9 Å². The number of aromatic nitrogens is 2. The fraction of sp³-hybridized carbons (Fsp3) is 0.286. The highest BCUT2D eigenvalue weighted by Crippen LogP contribution is 2.38. The molecule has 0 aliphatic carbocycles. The summed E-state index contributed by atoms with van der Waals surface area (Å²) in [5, 5.41) is 11.1. The van der Waals surface area contributed by atoms with Crippen LogP contribution in [0.4, 0.5) is 24.9 Å². The summed E-state index contributed by atoms with van der Waals surface area (Å²) in [5.41, 5.74) is -0.714. The van der Waals surface area contributed by atoms with Gasteiger partial charge in [-0.1, -0.05) is 23.6 Å². The maximum Gasteiger partial charge on any atom is 0.573 e. The smallest absolute Gasteiger partial charge is 0.408 e. The number of rotatable bonds is 5. The quantitative estimate of drug-likeness (QED) is 0.806. The van der Waals surface area contributed by atoms with Crippen LogP contribution in [-0.2, 0) is 4.79 Å². The van der Waals surface area contributed by atoms with E-state index in [1.165, 1.54) is 13.8 Å². The fourth-order valence-corrected chi connectivity index (χ4v) is 2.09. The summed E-state index contributed by atoms with van der Waals surface area (Å²) in [6, 6.07) is 1.64. The predicted molar refractivity (Wildman–Crippen MR) is 84.0 cm³/mol. The predicted octanol–water partition coefficient (Wildman–Crippen LogP) is 3.53. The zero-order valence-electron chi connectivity index (χ0n) is 13.4. The number of alkyl halides is 3. The molecule has 0 saturated heterocycles. The molecule has 0 aliphatic rings. The molecule has 2 N–H and O–H groups in total. The molecule has 0 bridgehead atoms. The molecule has 0 fully saturated rings. The SMILES string of the molecule is CCC(=O)Nc1c(OC(F)(F)F)ccc(C(=O)Nc2nnc(C)o2)c1Cl. The Kier molecular flexibility index (Phi) is 5.70. The van der Waals surface area contributed by atoms with Gasteiger partial charge in [0, 0.05) is 13.3 Å². The average molecular weight is 393 g/mol. The van der Waals surface area contributed by atoms with E-state index < -0.39 is 34.6 Å². The van der Waals surface area contributed by atoms with Gasteiger partial charge in [-0.15, -0.1) is 18.3 Å². The first kappa shape index (κ1) is 19.5. The number of halogens is 4. The van der Waals surface area contributed by atoms with E-state index in [9.17, 15) is 22.8 Å². The third kappa shape index (κ3) is 4.85. The van der Waals surface area contributed by atoms with Gasteiger partial charge >= 0.3 is 12.4 Å². The highest BCUT2D eigenvalue weighted by molar-refractivity contribution is 6.37. The van der Waals surface area contributed by atoms with E-state index in [1.54, 1.807) is 0 Å². The molecule has 140 valence electrons. The van der Waals surface area contributed by atoms with Gasteiger partial charge in [0.2, 0.25) is 11.8 Å². The largest absolute Gasteiger partial charge is 0.573 e. The summed E-state index contributed by atoms with van der Waals surface area (Å²) >= 11 is 6.02. The number of anilines is 2. The van der Waals surface area contributed by atoms with Crippen LogP contribution in [0.5, 0.6) is 5.75 Å². The number of amides is 2. The van der Waals surface area contributed by atoms with Gasteiger partial charge in [0.15, 0.2) is 5.75 Å². The Balaban J connectivity index is 2.39. The van der Waals surface area contributed by atoms with Crippen molar-refractivity contribution >= 4 is 35.1 Å². The molecule has 26 heavy (non-hydrogen) atoms. The van der Waals surface area contributed by atoms with Crippen molar-refractivity contribution in [3.8, 4) is 5.75 Å². The highest BCUT2D eigenvalue weighted by Gasteiger charge is 2.33. The van der Waals surface area contributed by atoms with Crippen LogP contribution in [0.3, 0.4) is 0 Å². The van der Waals surface area contributed by atoms with Crippen LogP contribution in [0, 0.1) is 6.92 Å². The van der Waals surface area contributed by atoms with E-state index >= 15 is 0 Å². The van der Waals surface area contributed by atoms with Gasteiger partial charge in [-0.05, 0) is 12.1 Å². The summed E-state index contributed by atoms with van der Waals surface area (Å²) in [4.78, 5) is 23.8. The zero-order chi connectivity index (χ0) is 19.5. The lowest BCUT2D eigenvalue weighted by atomic mass is 10.1. The number of carbonyl (C=O) groups excluding carboxylic acids is 2. The lowest BCUT2D eigenvalue weighted by Crippen LogP contribution is -2.21. The summed E-state index contributed by atoms with van der Waals surface area (Å²) in [6.07, 6.45) is -5.04. The number of nitrogens with one attached hydrogen (secondary N) is 2. The first-order valence-corrected chi connectivity index (χ1v) is 7.48. The molecule has 2 aromatic rings. The maximum absolute atomic E-state index is 12.5. The first-order valence-electron chi connectivity index (χ1n) is 7.10. The monoisotopic (exact) mass is 392 g/mol. The van der Waals surface area contributed by atoms with Gasteiger partial charge in [0.25, 0.3) is 5.91 Å². The van der Waals surface area contributed by atoms with Gasteiger partial charge in [0.05, 0.1) is 10.6 Å². The molecule has 0 radical (unpaired) electrons. The van der Waals surface area contributed by atoms with Crippen LogP contribution < -0.4 is 15.4 Å². The van der Waals surface area contributed by atoms with Crippen LogP contribution in [0.15, 0.2) is 16.5 Å². The van der Waals surface area contributed by atoms with E-state index in [0.717, 1.165) is 12.1 Å². The van der Waals surface area contributed by atoms with Crippen molar-refractivity contribution in [1.29, 1.82) is 0 Å². The number of hydrogen-bond acceptors (Lipinski definition) is 6. The van der Waals surface area contributed by atoms with Crippen LogP contribution >= 0.6 is 11.6 Å². The summed E-state index contributed by atoms with van der Waals surface area (Å²) in [5.74, 6) is -2.01. The molecular weight excluding hydrogens is 381 g/mol. The van der Waals surface area contributed by atoms with E-state index in [0.29, 0.717) is 0 Å². The van der Waals surface area contributed by atoms with Crippen molar-refractivity contribution < 1.29 is 31.9 Å². The molecule has 0 atom stereocenters. The Hall–Kier alpha value is -2.82. The Morgan fingerprint density at radius 2 is 1.96 bits per heavy atom. The van der Waals surface area contributed by atoms with Gasteiger partial charge in [-0.25, -0.2) is 0 Å². The molecule has 1 aromatic carbocycles. The second-order valence-corrected chi connectivity index (χ2v) is 5.21. The lowest BCUT2D eigenvalue weighted by molar-refractivity contribution is -0.274. The minimum Gasteiger partial charge on any atom is -0.408 e. The Labute approximate surface area is 149 Å². The van der Waals surface area contributed by atoms with Crippen molar-refractivity contribution in [3.63, 3.8) is 0 Å². The molecule has 1 heterocycles. The molecule has 0 spiro atoms. The van der Waals surface area contributed by atoms with E-state index in [4.69, 9.17) is 16.0 Å². The van der Waals surface area contributed by atoms with Crippen molar-refractivity contribution in [2.24, 2.45) is 0 Å². The Morgan fingerprint density at radius 1 is 1.27 bits per heavy atom. The number of benzene rings is 1. The highest BCUT2D eigenvalue weighted by atomic mass is 35.5. The molecule has 2 rings (SSSR count). The summed E-state index contributed by atoms with van der Waals surface area (Å²) in [6.45, 7) is 2.99. The lowest BCUT2D eigenvalue weighted by Gasteiger charge is -2.16. The normalized spacial score (nSPS) is 11.2. The minimum atomic E-state index is -5.01. The molecule has 0 aliphatic heterocycles. The van der Waals surface area contributed by atoms with Gasteiger partial charge in [-0.2, -0.15) is 0 Å². The van der Waals surface area contributed by atoms with Crippen LogP contribution in [-0.4, -0.2) is 28.4 Å². The summed E-state index contributed by atoms with van der Waals surface area (Å²) in [7, 11) is 0. The molecule has 12 heteroatoms. The van der Waals surface area contributed by atoms with Crippen molar-refractivity contribution in [1.82, 2.24) is 10.2 Å². The van der Waals surface area contributed by atoms with Crippen LogP contribution in [0.1, 0.15) is 29.6 Å².